The van der Waals surface area contributed by atoms with Crippen molar-refractivity contribution in [1.29, 1.82) is 0 Å². The number of aromatic nitrogens is 2. The summed E-state index contributed by atoms with van der Waals surface area (Å²) >= 11 is 0. The van der Waals surface area contributed by atoms with Crippen LogP contribution in [0.5, 0.6) is 0 Å². The highest BCUT2D eigenvalue weighted by Gasteiger charge is 2.54. The van der Waals surface area contributed by atoms with Crippen molar-refractivity contribution in [3.8, 4) is 0 Å². The van der Waals surface area contributed by atoms with Gasteiger partial charge in [-0.1, -0.05) is 60.7 Å². The number of ether oxygens (including phenoxy) is 9. The Balaban J connectivity index is 0.000000185. The maximum Gasteiger partial charge on any atom is 0.317 e. The summed E-state index contributed by atoms with van der Waals surface area (Å²) in [6.45, 7) is 3.51. The Kier molecular flexibility index (Phi) is 26.0. The summed E-state index contributed by atoms with van der Waals surface area (Å²) in [6.07, 6.45) is -21.7. The first-order chi connectivity index (χ1) is 48.9. The molecular weight excluding hydrogens is 1350 g/mol. The van der Waals surface area contributed by atoms with Crippen LogP contribution in [-0.4, -0.2) is 281 Å². The fourth-order valence-corrected chi connectivity index (χ4v) is 14.8. The molecule has 4 aromatic rings. The maximum atomic E-state index is 13.6. The molecule has 8 heterocycles. The third kappa shape index (κ3) is 16.5. The lowest BCUT2D eigenvalue weighted by Crippen LogP contribution is -2.68. The smallest absolute Gasteiger partial charge is 0.317 e. The van der Waals surface area contributed by atoms with Crippen LogP contribution in [0.3, 0.4) is 0 Å². The average molecular weight is 1460 g/mol. The summed E-state index contributed by atoms with van der Waals surface area (Å²) < 4.78 is 55.7. The second-order valence-electron chi connectivity index (χ2n) is 28.4. The van der Waals surface area contributed by atoms with Gasteiger partial charge in [0.05, 0.1) is 66.6 Å². The molecule has 2 aliphatic carbocycles. The molecule has 0 radical (unpaired) electrons. The second-order valence-corrected chi connectivity index (χ2v) is 28.4. The molecule has 2 aromatic heterocycles. The summed E-state index contributed by atoms with van der Waals surface area (Å²) in [5.41, 5.74) is 62.0. The largest absolute Gasteiger partial charge is 0.481 e. The number of nitrogens with two attached hydrogens (primary N) is 10. The SMILES string of the molecule is CC1(C(=O)O)CCn2c(C(=O)c3ccccc3)ccc21.CC1(C(=O)OC[C@H]2O[C@H](O[C@@H]3[C@@H](O)[C@H](O[C@H]4O[C@H](CN)[C@@H](O)C[C@H]4N)[C@@H](N)C[C@H]3N)[C@H](O)[C@@H](N)[C@@H]2O)CCn2c(C(=O)c3ccccc3)ccc21.NC[C@H]1O[C@H](O[C@H]2[C@H](O)[C@@H](O[C@H]3O[C@H](CO)[C@@H](O)[C@H](N)[C@H]3O)[C@H](N)C[C@@H]2N)[C@H](N)C[C@@H]1O. The lowest BCUT2D eigenvalue weighted by atomic mass is 9.84. The molecule has 12 rings (SSSR count). The summed E-state index contributed by atoms with van der Waals surface area (Å²) in [4.78, 5) is 50.7. The van der Waals surface area contributed by atoms with E-state index in [1.807, 2.05) is 33.4 Å². The number of carboxylic acid groups (broad SMARTS) is 1. The molecule has 8 aliphatic rings. The molecule has 30 atom stereocenters. The highest BCUT2D eigenvalue weighted by Crippen LogP contribution is 2.41. The third-order valence-corrected chi connectivity index (χ3v) is 21.3. The fourth-order valence-electron chi connectivity index (χ4n) is 14.8. The lowest BCUT2D eigenvalue weighted by Gasteiger charge is -2.48. The molecule has 0 bridgehead atoms. The number of esters is 1. The van der Waals surface area contributed by atoms with Crippen molar-refractivity contribution >= 4 is 23.5 Å². The fraction of sp³-hybridized carbons (Fsp3) is 0.647. The Hall–Kier alpha value is -5.80. The summed E-state index contributed by atoms with van der Waals surface area (Å²) in [6, 6.07) is 17.9. The van der Waals surface area contributed by atoms with Crippen LogP contribution in [0.1, 0.15) is 95.9 Å². The number of hydrogen-bond acceptors (Lipinski definition) is 32. The van der Waals surface area contributed by atoms with Crippen LogP contribution in [0.15, 0.2) is 84.9 Å². The predicted octanol–water partition coefficient (Wildman–Crippen LogP) is -7.18. The van der Waals surface area contributed by atoms with E-state index in [9.17, 15) is 70.2 Å². The predicted molar refractivity (Wildman–Crippen MR) is 361 cm³/mol. The van der Waals surface area contributed by atoms with Crippen molar-refractivity contribution in [2.24, 2.45) is 57.3 Å². The molecule has 2 aromatic carbocycles. The van der Waals surface area contributed by atoms with Crippen LogP contribution in [0.2, 0.25) is 0 Å². The molecule has 0 spiro atoms. The standard InChI is InChI=1S/C34H50N6O11.C18H37N5O9.C16H15NO3/c1-34(9-10-40-19(7-8-23(34)40)25(42)15-5-3-2-4-6-15)33(46)47-14-22-26(43)24(39)27(44)32(49-22)51-30-17(37)11-16(36)29(28(30)45)50-31-18(38)12-20(41)21(13-35)48-31;19-3-9-8(25)2-7(22)17(29-9)31-15-5(20)1-6(21)16(14(15)28)32-18-13(27)11(23)12(26)10(4-24)30-18;1-16(15(19)20)9-10-17-12(7-8-13(16)17)14(18)11-5-3-2-4-6-11/h2-8,16-18,20-22,24,26-32,41,43-45H,9-14,35-39H2,1H3;5-18,24-28H,1-4,19-23H2;2-8H,9-10H2,1H3,(H,19,20)/t16-,17+,18+,20-,21+,22+,24-,26+,27+,28-,29+,30-,31+,32+,34?;5-,6+,7+,8-,9+,10+,11-,12+,13+,14-,15+,16-,17+,18+;/m00./s1. The van der Waals surface area contributed by atoms with E-state index in [1.165, 1.54) is 0 Å². The van der Waals surface area contributed by atoms with Crippen LogP contribution in [0.4, 0.5) is 0 Å². The molecule has 35 nitrogen and oxygen atoms in total. The molecule has 2 unspecified atom stereocenters. The van der Waals surface area contributed by atoms with Crippen molar-refractivity contribution in [3.05, 3.63) is 119 Å². The van der Waals surface area contributed by atoms with Crippen LogP contribution < -0.4 is 57.3 Å². The number of carboxylic acids is 1. The van der Waals surface area contributed by atoms with Gasteiger partial charge >= 0.3 is 11.9 Å². The van der Waals surface area contributed by atoms with E-state index in [2.05, 4.69) is 0 Å². The minimum atomic E-state index is -1.56. The summed E-state index contributed by atoms with van der Waals surface area (Å²) in [5.74, 6) is -1.66. The van der Waals surface area contributed by atoms with Crippen LogP contribution in [-0.2, 0) is 76.1 Å². The van der Waals surface area contributed by atoms with Gasteiger partial charge in [-0.3, -0.25) is 19.2 Å². The number of aliphatic hydroxyl groups excluding tert-OH is 9. The molecule has 6 fully saturated rings. The zero-order chi connectivity index (χ0) is 74.8. The van der Waals surface area contributed by atoms with Gasteiger partial charge in [0.25, 0.3) is 0 Å². The van der Waals surface area contributed by atoms with E-state index in [4.69, 9.17) is 100.0 Å². The first kappa shape index (κ1) is 79.8. The van der Waals surface area contributed by atoms with Crippen LogP contribution >= 0.6 is 0 Å². The van der Waals surface area contributed by atoms with Gasteiger partial charge in [0.2, 0.25) is 11.6 Å². The molecule has 2 saturated carbocycles. The number of benzene rings is 2. The molecule has 103 heavy (non-hydrogen) atoms. The van der Waals surface area contributed by atoms with Gasteiger partial charge in [0, 0.05) is 72.9 Å². The van der Waals surface area contributed by atoms with Gasteiger partial charge < -0.3 is 160 Å². The van der Waals surface area contributed by atoms with Gasteiger partial charge in [0.15, 0.2) is 25.2 Å². The monoisotopic (exact) mass is 1450 g/mol. The number of hydrogen-bond donors (Lipinski definition) is 20. The second kappa shape index (κ2) is 33.6. The van der Waals surface area contributed by atoms with Gasteiger partial charge in [-0.25, -0.2) is 0 Å². The highest BCUT2D eigenvalue weighted by molar-refractivity contribution is 6.09. The Labute approximate surface area is 593 Å². The maximum absolute atomic E-state index is 13.6. The number of fused-ring (bicyclic) bond motifs is 2. The van der Waals surface area contributed by atoms with Gasteiger partial charge in [-0.2, -0.15) is 0 Å². The van der Waals surface area contributed by atoms with Crippen LogP contribution in [0, 0.1) is 0 Å². The number of carbonyl (C=O) groups is 4. The van der Waals surface area contributed by atoms with Crippen molar-refractivity contribution in [2.45, 2.75) is 247 Å². The Morgan fingerprint density at radius 3 is 1.20 bits per heavy atom. The number of aliphatic carboxylic acids is 1. The van der Waals surface area contributed by atoms with Crippen LogP contribution in [0.25, 0.3) is 0 Å². The number of rotatable bonds is 19. The molecule has 572 valence electrons. The zero-order valence-corrected chi connectivity index (χ0v) is 57.2. The van der Waals surface area contributed by atoms with E-state index in [0.717, 1.165) is 0 Å². The van der Waals surface area contributed by atoms with E-state index in [1.54, 1.807) is 74.5 Å². The number of carbonyl (C=O) groups excluding carboxylic acids is 3. The van der Waals surface area contributed by atoms with E-state index < -0.39 is 207 Å². The average Bonchev–Trinajstić information content (AvgIpc) is 1.62. The Bertz CT molecular complexity index is 3500. The molecule has 6 aliphatic heterocycles. The number of ketones is 2. The van der Waals surface area contributed by atoms with Gasteiger partial charge in [-0.05, 0) is 76.6 Å². The topological polar surface area (TPSA) is 624 Å². The molecule has 0 amide bonds. The summed E-state index contributed by atoms with van der Waals surface area (Å²) in [5, 5.41) is 103. The minimum Gasteiger partial charge on any atom is -0.481 e. The van der Waals surface area contributed by atoms with Gasteiger partial charge in [-0.15, -0.1) is 0 Å². The molecule has 35 heteroatoms. The van der Waals surface area contributed by atoms with Crippen molar-refractivity contribution in [3.63, 3.8) is 0 Å². The molecule has 4 saturated heterocycles. The zero-order valence-electron chi connectivity index (χ0n) is 57.2. The molecule has 30 N–H and O–H groups in total. The quantitative estimate of drug-likeness (QED) is 0.0306. The van der Waals surface area contributed by atoms with Crippen molar-refractivity contribution in [1.82, 2.24) is 9.13 Å². The third-order valence-electron chi connectivity index (χ3n) is 21.3. The summed E-state index contributed by atoms with van der Waals surface area (Å²) in [7, 11) is 0. The molecular formula is C68H102N12O23. The van der Waals surface area contributed by atoms with Crippen molar-refractivity contribution in [2.75, 3.05) is 26.3 Å². The lowest BCUT2D eigenvalue weighted by molar-refractivity contribution is -0.315. The van der Waals surface area contributed by atoms with E-state index in [-0.39, 0.29) is 50.3 Å². The Morgan fingerprint density at radius 1 is 0.456 bits per heavy atom. The minimum absolute atomic E-state index is 0.0204. The first-order valence-electron chi connectivity index (χ1n) is 34.6. The normalized spacial score (nSPS) is 40.8. The van der Waals surface area contributed by atoms with E-state index >= 15 is 0 Å². The van der Waals surface area contributed by atoms with Crippen molar-refractivity contribution < 1.29 is 113 Å². The van der Waals surface area contributed by atoms with Gasteiger partial charge in [0.1, 0.15) is 90.7 Å². The first-order valence-corrected chi connectivity index (χ1v) is 34.6. The van der Waals surface area contributed by atoms with E-state index in [0.29, 0.717) is 59.8 Å². The number of nitrogens with zero attached hydrogens (tertiary/aromatic N) is 2. The highest BCUT2D eigenvalue weighted by atomic mass is 16.7. The number of aliphatic hydroxyl groups is 9. The Morgan fingerprint density at radius 2 is 0.816 bits per heavy atom.